The molecular formula is C22H33NO4. The second-order valence-electron chi connectivity index (χ2n) is 7.13. The van der Waals surface area contributed by atoms with E-state index in [4.69, 9.17) is 9.47 Å². The van der Waals surface area contributed by atoms with Crippen LogP contribution in [0, 0.1) is 5.92 Å². The lowest BCUT2D eigenvalue weighted by molar-refractivity contribution is -0.144. The minimum atomic E-state index is -0.117. The summed E-state index contributed by atoms with van der Waals surface area (Å²) in [4.78, 5) is 26.0. The minimum absolute atomic E-state index is 0.0967. The van der Waals surface area contributed by atoms with Crippen LogP contribution in [0.5, 0.6) is 0 Å². The van der Waals surface area contributed by atoms with Gasteiger partial charge in [0.25, 0.3) is 0 Å². The van der Waals surface area contributed by atoms with Crippen molar-refractivity contribution in [3.8, 4) is 0 Å². The predicted octanol–water partition coefficient (Wildman–Crippen LogP) is 3.95. The summed E-state index contributed by atoms with van der Waals surface area (Å²) in [6.45, 7) is 6.46. The fraction of sp³-hybridized carbons (Fsp3) is 0.636. The molecule has 0 aromatic heterocycles. The number of hydrogen-bond acceptors (Lipinski definition) is 5. The van der Waals surface area contributed by atoms with Crippen molar-refractivity contribution in [1.29, 1.82) is 0 Å². The molecule has 0 saturated carbocycles. The molecule has 1 saturated heterocycles. The smallest absolute Gasteiger partial charge is 0.306 e. The van der Waals surface area contributed by atoms with Crippen molar-refractivity contribution < 1.29 is 19.1 Å². The maximum Gasteiger partial charge on any atom is 0.306 e. The molecule has 5 heteroatoms. The third-order valence-electron chi connectivity index (χ3n) is 5.20. The predicted molar refractivity (Wildman–Crippen MR) is 105 cm³/mol. The molecule has 0 spiro atoms. The van der Waals surface area contributed by atoms with Gasteiger partial charge in [-0.3, -0.25) is 14.5 Å². The lowest BCUT2D eigenvalue weighted by atomic mass is 9.92. The van der Waals surface area contributed by atoms with Gasteiger partial charge in [0.15, 0.2) is 0 Å². The van der Waals surface area contributed by atoms with Crippen molar-refractivity contribution in [3.63, 3.8) is 0 Å². The van der Waals surface area contributed by atoms with E-state index in [-0.39, 0.29) is 11.9 Å². The SMILES string of the molecule is CCOC(=O)CCCCC1C(CC(=O)OCC)CCN1Cc1ccccc1. The Morgan fingerprint density at radius 1 is 1.04 bits per heavy atom. The van der Waals surface area contributed by atoms with Gasteiger partial charge >= 0.3 is 11.9 Å². The zero-order chi connectivity index (χ0) is 19.5. The van der Waals surface area contributed by atoms with Crippen molar-refractivity contribution in [3.05, 3.63) is 35.9 Å². The van der Waals surface area contributed by atoms with E-state index in [0.29, 0.717) is 38.0 Å². The number of carbonyl (C=O) groups is 2. The number of benzene rings is 1. The largest absolute Gasteiger partial charge is 0.466 e. The lowest BCUT2D eigenvalue weighted by Crippen LogP contribution is -2.33. The molecule has 1 fully saturated rings. The molecule has 1 aromatic rings. The van der Waals surface area contributed by atoms with E-state index in [1.165, 1.54) is 5.56 Å². The number of rotatable bonds is 11. The Labute approximate surface area is 163 Å². The topological polar surface area (TPSA) is 55.8 Å². The van der Waals surface area contributed by atoms with Gasteiger partial charge in [-0.2, -0.15) is 0 Å². The van der Waals surface area contributed by atoms with Crippen LogP contribution in [0.2, 0.25) is 0 Å². The van der Waals surface area contributed by atoms with Gasteiger partial charge in [-0.25, -0.2) is 0 Å². The summed E-state index contributed by atoms with van der Waals surface area (Å²) in [5, 5.41) is 0. The molecule has 1 aromatic carbocycles. The Hall–Kier alpha value is -1.88. The molecular weight excluding hydrogens is 342 g/mol. The van der Waals surface area contributed by atoms with Gasteiger partial charge in [-0.05, 0) is 51.1 Å². The van der Waals surface area contributed by atoms with E-state index in [1.807, 2.05) is 19.9 Å². The van der Waals surface area contributed by atoms with Crippen LogP contribution in [-0.4, -0.2) is 42.6 Å². The molecule has 0 aliphatic carbocycles. The van der Waals surface area contributed by atoms with Crippen LogP contribution in [0.1, 0.15) is 57.9 Å². The summed E-state index contributed by atoms with van der Waals surface area (Å²) in [5.41, 5.74) is 1.30. The first-order valence-corrected chi connectivity index (χ1v) is 10.2. The summed E-state index contributed by atoms with van der Waals surface area (Å²) in [6.07, 6.45) is 4.78. The first-order chi connectivity index (χ1) is 13.1. The second kappa shape index (κ2) is 11.8. The van der Waals surface area contributed by atoms with E-state index in [1.54, 1.807) is 0 Å². The quantitative estimate of drug-likeness (QED) is 0.433. The Morgan fingerprint density at radius 3 is 2.44 bits per heavy atom. The molecule has 27 heavy (non-hydrogen) atoms. The Balaban J connectivity index is 1.91. The number of nitrogens with zero attached hydrogens (tertiary/aromatic N) is 1. The highest BCUT2D eigenvalue weighted by atomic mass is 16.5. The minimum Gasteiger partial charge on any atom is -0.466 e. The standard InChI is InChI=1S/C22H33NO4/c1-3-26-21(24)13-9-8-12-20-19(16-22(25)27-4-2)14-15-23(20)17-18-10-6-5-7-11-18/h5-7,10-11,19-20H,3-4,8-9,12-17H2,1-2H3. The summed E-state index contributed by atoms with van der Waals surface area (Å²) in [5.74, 6) is 0.115. The maximum absolute atomic E-state index is 12.0. The van der Waals surface area contributed by atoms with Crippen molar-refractivity contribution in [2.24, 2.45) is 5.92 Å². The molecule has 0 N–H and O–H groups in total. The van der Waals surface area contributed by atoms with E-state index < -0.39 is 0 Å². The van der Waals surface area contributed by atoms with Crippen molar-refractivity contribution in [1.82, 2.24) is 4.90 Å². The van der Waals surface area contributed by atoms with Crippen LogP contribution in [0.15, 0.2) is 30.3 Å². The molecule has 1 aliphatic heterocycles. The number of unbranched alkanes of at least 4 members (excludes halogenated alkanes) is 1. The Bertz CT molecular complexity index is 575. The van der Waals surface area contributed by atoms with Crippen LogP contribution in [0.4, 0.5) is 0 Å². The molecule has 0 amide bonds. The normalized spacial score (nSPS) is 19.8. The number of ether oxygens (including phenoxy) is 2. The van der Waals surface area contributed by atoms with E-state index in [2.05, 4.69) is 29.2 Å². The number of likely N-dealkylation sites (tertiary alicyclic amines) is 1. The van der Waals surface area contributed by atoms with Crippen LogP contribution in [-0.2, 0) is 25.6 Å². The summed E-state index contributed by atoms with van der Waals surface area (Å²) < 4.78 is 10.2. The fourth-order valence-electron chi connectivity index (χ4n) is 3.95. The van der Waals surface area contributed by atoms with Gasteiger partial charge < -0.3 is 9.47 Å². The van der Waals surface area contributed by atoms with Gasteiger partial charge in [-0.1, -0.05) is 36.8 Å². The summed E-state index contributed by atoms with van der Waals surface area (Å²) in [6, 6.07) is 10.8. The molecule has 2 rings (SSSR count). The zero-order valence-corrected chi connectivity index (χ0v) is 16.7. The molecule has 0 bridgehead atoms. The van der Waals surface area contributed by atoms with Crippen molar-refractivity contribution in [2.75, 3.05) is 19.8 Å². The highest BCUT2D eigenvalue weighted by molar-refractivity contribution is 5.70. The fourth-order valence-corrected chi connectivity index (χ4v) is 3.95. The van der Waals surface area contributed by atoms with Crippen molar-refractivity contribution >= 4 is 11.9 Å². The molecule has 5 nitrogen and oxygen atoms in total. The molecule has 1 aliphatic rings. The highest BCUT2D eigenvalue weighted by Gasteiger charge is 2.35. The molecule has 0 radical (unpaired) electrons. The summed E-state index contributed by atoms with van der Waals surface area (Å²) in [7, 11) is 0. The van der Waals surface area contributed by atoms with Crippen LogP contribution in [0.25, 0.3) is 0 Å². The molecule has 150 valence electrons. The average molecular weight is 376 g/mol. The van der Waals surface area contributed by atoms with Gasteiger partial charge in [-0.15, -0.1) is 0 Å². The van der Waals surface area contributed by atoms with Gasteiger partial charge in [0.1, 0.15) is 0 Å². The number of carbonyl (C=O) groups excluding carboxylic acids is 2. The first-order valence-electron chi connectivity index (χ1n) is 10.2. The average Bonchev–Trinajstić information content (AvgIpc) is 3.01. The second-order valence-corrected chi connectivity index (χ2v) is 7.13. The Kier molecular flexibility index (Phi) is 9.32. The van der Waals surface area contributed by atoms with Gasteiger partial charge in [0.05, 0.1) is 13.2 Å². The van der Waals surface area contributed by atoms with Crippen LogP contribution in [0.3, 0.4) is 0 Å². The zero-order valence-electron chi connectivity index (χ0n) is 16.7. The highest BCUT2D eigenvalue weighted by Crippen LogP contribution is 2.32. The van der Waals surface area contributed by atoms with E-state index >= 15 is 0 Å². The van der Waals surface area contributed by atoms with E-state index in [0.717, 1.165) is 38.8 Å². The van der Waals surface area contributed by atoms with E-state index in [9.17, 15) is 9.59 Å². The third kappa shape index (κ3) is 7.33. The number of esters is 2. The van der Waals surface area contributed by atoms with Crippen LogP contribution >= 0.6 is 0 Å². The van der Waals surface area contributed by atoms with Crippen LogP contribution < -0.4 is 0 Å². The molecule has 2 atom stereocenters. The Morgan fingerprint density at radius 2 is 1.74 bits per heavy atom. The summed E-state index contributed by atoms with van der Waals surface area (Å²) >= 11 is 0. The monoisotopic (exact) mass is 375 g/mol. The number of hydrogen-bond donors (Lipinski definition) is 0. The van der Waals surface area contributed by atoms with Gasteiger partial charge in [0.2, 0.25) is 0 Å². The third-order valence-corrected chi connectivity index (χ3v) is 5.20. The maximum atomic E-state index is 12.0. The first kappa shape index (κ1) is 21.4. The van der Waals surface area contributed by atoms with Gasteiger partial charge in [0, 0.05) is 25.4 Å². The van der Waals surface area contributed by atoms with Crippen molar-refractivity contribution in [2.45, 2.75) is 65.0 Å². The molecule has 2 unspecified atom stereocenters. The lowest BCUT2D eigenvalue weighted by Gasteiger charge is -2.28. The molecule has 1 heterocycles.